The van der Waals surface area contributed by atoms with Crippen LogP contribution >= 0.6 is 12.4 Å². The Hall–Kier alpha value is -0.320. The van der Waals surface area contributed by atoms with Crippen LogP contribution < -0.4 is 11.1 Å². The normalized spacial score (nSPS) is 34.5. The van der Waals surface area contributed by atoms with E-state index in [2.05, 4.69) is 5.32 Å². The Morgan fingerprint density at radius 3 is 2.60 bits per heavy atom. The van der Waals surface area contributed by atoms with E-state index in [-0.39, 0.29) is 18.3 Å². The van der Waals surface area contributed by atoms with Crippen LogP contribution in [0.4, 0.5) is 0 Å². The van der Waals surface area contributed by atoms with E-state index >= 15 is 0 Å². The molecule has 20 heavy (non-hydrogen) atoms. The fourth-order valence-corrected chi connectivity index (χ4v) is 4.24. The van der Waals surface area contributed by atoms with Gasteiger partial charge in [-0.15, -0.1) is 12.4 Å². The van der Waals surface area contributed by atoms with Gasteiger partial charge in [0.25, 0.3) is 0 Å². The quantitative estimate of drug-likeness (QED) is 0.833. The Labute approximate surface area is 127 Å². The van der Waals surface area contributed by atoms with E-state index in [1.807, 2.05) is 0 Å². The number of halogens is 1. The van der Waals surface area contributed by atoms with Gasteiger partial charge in [-0.1, -0.05) is 6.42 Å². The summed E-state index contributed by atoms with van der Waals surface area (Å²) in [5.74, 6) is 2.81. The number of amides is 1. The maximum atomic E-state index is 12.2. The highest BCUT2D eigenvalue weighted by Gasteiger charge is 2.39. The monoisotopic (exact) mass is 302 g/mol. The minimum atomic E-state index is -0.688. The van der Waals surface area contributed by atoms with Gasteiger partial charge < -0.3 is 15.8 Å². The molecule has 1 saturated heterocycles. The van der Waals surface area contributed by atoms with Crippen molar-refractivity contribution >= 4 is 18.3 Å². The van der Waals surface area contributed by atoms with Gasteiger partial charge in [0.1, 0.15) is 0 Å². The highest BCUT2D eigenvalue weighted by atomic mass is 35.5. The maximum absolute atomic E-state index is 12.2. The van der Waals surface area contributed by atoms with E-state index in [0.717, 1.165) is 30.7 Å². The number of carbonyl (C=O) groups excluding carboxylic acids is 1. The summed E-state index contributed by atoms with van der Waals surface area (Å²) in [7, 11) is 0. The van der Waals surface area contributed by atoms with Crippen LogP contribution in [0, 0.1) is 17.8 Å². The molecule has 0 radical (unpaired) electrons. The summed E-state index contributed by atoms with van der Waals surface area (Å²) in [5, 5.41) is 3.06. The van der Waals surface area contributed by atoms with Gasteiger partial charge in [0.2, 0.25) is 5.91 Å². The van der Waals surface area contributed by atoms with E-state index in [0.29, 0.717) is 26.1 Å². The molecule has 3 fully saturated rings. The van der Waals surface area contributed by atoms with Crippen LogP contribution in [0.3, 0.4) is 0 Å². The van der Waals surface area contributed by atoms with Crippen LogP contribution in [0.1, 0.15) is 44.9 Å². The first kappa shape index (κ1) is 16.1. The van der Waals surface area contributed by atoms with Crippen LogP contribution in [-0.2, 0) is 9.53 Å². The van der Waals surface area contributed by atoms with Crippen LogP contribution in [-0.4, -0.2) is 31.2 Å². The SMILES string of the molecule is Cl.NC1(C(=O)NCCC2CC3CCC2C3)CCOCC1. The Bertz CT molecular complexity index is 345. The smallest absolute Gasteiger partial charge is 0.240 e. The number of carbonyl (C=O) groups is 1. The lowest BCUT2D eigenvalue weighted by molar-refractivity contribution is -0.129. The van der Waals surface area contributed by atoms with Gasteiger partial charge in [-0.05, 0) is 56.3 Å². The minimum absolute atomic E-state index is 0. The lowest BCUT2D eigenvalue weighted by Crippen LogP contribution is -2.57. The molecule has 2 saturated carbocycles. The van der Waals surface area contributed by atoms with Gasteiger partial charge in [0.05, 0.1) is 5.54 Å². The summed E-state index contributed by atoms with van der Waals surface area (Å²) in [4.78, 5) is 12.2. The molecule has 116 valence electrons. The average Bonchev–Trinajstić information content (AvgIpc) is 3.02. The number of nitrogens with one attached hydrogen (secondary N) is 1. The lowest BCUT2D eigenvalue weighted by Gasteiger charge is -2.32. The Kier molecular flexibility index (Phi) is 5.32. The van der Waals surface area contributed by atoms with E-state index in [4.69, 9.17) is 10.5 Å². The van der Waals surface area contributed by atoms with Gasteiger partial charge in [0.15, 0.2) is 0 Å². The van der Waals surface area contributed by atoms with Gasteiger partial charge in [0, 0.05) is 19.8 Å². The Morgan fingerprint density at radius 2 is 2.00 bits per heavy atom. The summed E-state index contributed by atoms with van der Waals surface area (Å²) in [6.07, 6.45) is 8.12. The van der Waals surface area contributed by atoms with Crippen molar-refractivity contribution in [3.63, 3.8) is 0 Å². The molecule has 0 spiro atoms. The zero-order chi connectivity index (χ0) is 13.3. The molecule has 3 aliphatic rings. The summed E-state index contributed by atoms with van der Waals surface area (Å²) >= 11 is 0. The highest BCUT2D eigenvalue weighted by Crippen LogP contribution is 2.49. The lowest BCUT2D eigenvalue weighted by atomic mass is 9.86. The third kappa shape index (κ3) is 3.29. The number of fused-ring (bicyclic) bond motifs is 2. The third-order valence-corrected chi connectivity index (χ3v) is 5.52. The van der Waals surface area contributed by atoms with Crippen molar-refractivity contribution in [3.8, 4) is 0 Å². The molecular formula is C15H27ClN2O2. The van der Waals surface area contributed by atoms with Crippen molar-refractivity contribution in [2.45, 2.75) is 50.5 Å². The molecule has 3 unspecified atom stereocenters. The Morgan fingerprint density at radius 1 is 1.25 bits per heavy atom. The van der Waals surface area contributed by atoms with Gasteiger partial charge in [-0.25, -0.2) is 0 Å². The maximum Gasteiger partial charge on any atom is 0.240 e. The topological polar surface area (TPSA) is 64.4 Å². The van der Waals surface area contributed by atoms with Crippen molar-refractivity contribution in [2.24, 2.45) is 23.5 Å². The standard InChI is InChI=1S/C15H26N2O2.ClH/c16-15(4-7-19-8-5-15)14(18)17-6-3-13-10-11-1-2-12(13)9-11;/h11-13H,1-10,16H2,(H,17,18);1H. The number of nitrogens with two attached hydrogens (primary N) is 1. The van der Waals surface area contributed by atoms with Gasteiger partial charge in [-0.2, -0.15) is 0 Å². The molecule has 0 aromatic rings. The molecule has 5 heteroatoms. The first-order chi connectivity index (χ1) is 9.17. The van der Waals surface area contributed by atoms with E-state index in [1.54, 1.807) is 0 Å². The fraction of sp³-hybridized carbons (Fsp3) is 0.933. The summed E-state index contributed by atoms with van der Waals surface area (Å²) in [5.41, 5.74) is 5.48. The number of ether oxygens (including phenoxy) is 1. The highest BCUT2D eigenvalue weighted by molar-refractivity contribution is 5.86. The van der Waals surface area contributed by atoms with E-state index in [9.17, 15) is 4.79 Å². The molecule has 2 bridgehead atoms. The second-order valence-corrected chi connectivity index (χ2v) is 6.75. The molecular weight excluding hydrogens is 276 g/mol. The summed E-state index contributed by atoms with van der Waals surface area (Å²) < 4.78 is 5.27. The molecule has 1 amide bonds. The van der Waals surface area contributed by atoms with Crippen molar-refractivity contribution < 1.29 is 9.53 Å². The zero-order valence-corrected chi connectivity index (χ0v) is 12.9. The van der Waals surface area contributed by atoms with Crippen LogP contribution in [0.15, 0.2) is 0 Å². The van der Waals surface area contributed by atoms with Gasteiger partial charge in [-0.3, -0.25) is 4.79 Å². The zero-order valence-electron chi connectivity index (χ0n) is 12.1. The second-order valence-electron chi connectivity index (χ2n) is 6.75. The fourth-order valence-electron chi connectivity index (χ4n) is 4.24. The summed E-state index contributed by atoms with van der Waals surface area (Å²) in [6, 6.07) is 0. The van der Waals surface area contributed by atoms with E-state index < -0.39 is 5.54 Å². The average molecular weight is 303 g/mol. The van der Waals surface area contributed by atoms with E-state index in [1.165, 1.54) is 25.7 Å². The molecule has 2 aliphatic carbocycles. The molecule has 1 aliphatic heterocycles. The number of rotatable bonds is 4. The summed E-state index contributed by atoms with van der Waals surface area (Å²) in [6.45, 7) is 2.01. The van der Waals surface area contributed by atoms with Crippen LogP contribution in [0.25, 0.3) is 0 Å². The molecule has 3 N–H and O–H groups in total. The Balaban J connectivity index is 0.00000147. The second kappa shape index (κ2) is 6.63. The van der Waals surface area contributed by atoms with Crippen molar-refractivity contribution in [3.05, 3.63) is 0 Å². The first-order valence-corrected chi connectivity index (χ1v) is 7.82. The van der Waals surface area contributed by atoms with Crippen LogP contribution in [0.5, 0.6) is 0 Å². The third-order valence-electron chi connectivity index (χ3n) is 5.52. The predicted octanol–water partition coefficient (Wildman–Crippen LogP) is 1.86. The van der Waals surface area contributed by atoms with Crippen molar-refractivity contribution in [1.29, 1.82) is 0 Å². The molecule has 3 rings (SSSR count). The molecule has 0 aromatic carbocycles. The van der Waals surface area contributed by atoms with Crippen LogP contribution in [0.2, 0.25) is 0 Å². The molecule has 1 heterocycles. The number of hydrogen-bond donors (Lipinski definition) is 2. The van der Waals surface area contributed by atoms with Crippen molar-refractivity contribution in [1.82, 2.24) is 5.32 Å². The predicted molar refractivity (Wildman–Crippen MR) is 80.8 cm³/mol. The molecule has 3 atom stereocenters. The molecule has 0 aromatic heterocycles. The molecule has 4 nitrogen and oxygen atoms in total. The first-order valence-electron chi connectivity index (χ1n) is 7.82. The largest absolute Gasteiger partial charge is 0.381 e. The number of hydrogen-bond acceptors (Lipinski definition) is 3. The van der Waals surface area contributed by atoms with Crippen molar-refractivity contribution in [2.75, 3.05) is 19.8 Å². The van der Waals surface area contributed by atoms with Gasteiger partial charge >= 0.3 is 0 Å². The minimum Gasteiger partial charge on any atom is -0.381 e.